The molecule has 12 heteroatoms. The number of pyridine rings is 1. The van der Waals surface area contributed by atoms with E-state index in [4.69, 9.17) is 14.2 Å². The van der Waals surface area contributed by atoms with Crippen molar-refractivity contribution in [1.82, 2.24) is 9.88 Å². The molecule has 1 atom stereocenters. The Balaban J connectivity index is 1.16. The van der Waals surface area contributed by atoms with Gasteiger partial charge in [0, 0.05) is 18.3 Å². The molecule has 0 radical (unpaired) electrons. The van der Waals surface area contributed by atoms with E-state index in [1.165, 1.54) is 4.90 Å². The van der Waals surface area contributed by atoms with Crippen LogP contribution in [0.4, 0.5) is 22.0 Å². The van der Waals surface area contributed by atoms with Gasteiger partial charge in [-0.05, 0) is 105 Å². The number of rotatable bonds is 12. The first-order chi connectivity index (χ1) is 20.9. The predicted molar refractivity (Wildman–Crippen MR) is 152 cm³/mol. The van der Waals surface area contributed by atoms with Crippen molar-refractivity contribution in [3.63, 3.8) is 0 Å². The molecule has 1 N–H and O–H groups in total. The van der Waals surface area contributed by atoms with Gasteiger partial charge in [0.15, 0.2) is 0 Å². The van der Waals surface area contributed by atoms with Crippen LogP contribution in [0.1, 0.15) is 80.8 Å². The van der Waals surface area contributed by atoms with Gasteiger partial charge in [-0.1, -0.05) is 6.07 Å². The first-order valence-corrected chi connectivity index (χ1v) is 15.3. The molecule has 2 aromatic rings. The Bertz CT molecular complexity index is 1270. The number of alkyl halides is 5. The molecule has 1 saturated heterocycles. The average Bonchev–Trinajstić information content (AvgIpc) is 3.82. The Morgan fingerprint density at radius 3 is 2.20 bits per heavy atom. The summed E-state index contributed by atoms with van der Waals surface area (Å²) >= 11 is 0. The summed E-state index contributed by atoms with van der Waals surface area (Å²) in [7, 11) is 1.55. The van der Waals surface area contributed by atoms with Gasteiger partial charge in [0.05, 0.1) is 26.2 Å². The lowest BCUT2D eigenvalue weighted by molar-refractivity contribution is -0.287. The third kappa shape index (κ3) is 8.11. The zero-order valence-corrected chi connectivity index (χ0v) is 24.7. The number of carboxylic acids is 1. The van der Waals surface area contributed by atoms with E-state index in [1.807, 2.05) is 30.3 Å². The third-order valence-electron chi connectivity index (χ3n) is 9.06. The summed E-state index contributed by atoms with van der Waals surface area (Å²) in [5.74, 6) is -3.48. The van der Waals surface area contributed by atoms with Gasteiger partial charge < -0.3 is 19.3 Å². The van der Waals surface area contributed by atoms with Crippen molar-refractivity contribution >= 4 is 5.97 Å². The summed E-state index contributed by atoms with van der Waals surface area (Å²) in [4.78, 5) is 16.9. The maximum atomic E-state index is 13.6. The van der Waals surface area contributed by atoms with Gasteiger partial charge in [-0.3, -0.25) is 9.69 Å². The lowest BCUT2D eigenvalue weighted by Crippen LogP contribution is -2.48. The number of methoxy groups -OCH3 is 1. The van der Waals surface area contributed by atoms with Crippen LogP contribution >= 0.6 is 0 Å². The second kappa shape index (κ2) is 13.5. The average molecular weight is 627 g/mol. The summed E-state index contributed by atoms with van der Waals surface area (Å²) in [5.41, 5.74) is 1.85. The standard InChI is InChI=1S/C32H39F5N2O5/c1-42-25-8-9-26(21-11-14-39(15-12-21)19-31(33,34)32(35,36)37)28(17-25)43-23-4-6-24(7-5-23)44-29-16-22(10-13-38-29)27(18-30(40)41)20-2-3-20/h8-10,13,16-17,20-21,23-24,27H,2-7,11-12,14-15,18-19H2,1H3,(H,40,41). The molecule has 5 rings (SSSR count). The van der Waals surface area contributed by atoms with Crippen molar-refractivity contribution < 1.29 is 46.1 Å². The van der Waals surface area contributed by atoms with Crippen LogP contribution in [-0.2, 0) is 4.79 Å². The maximum Gasteiger partial charge on any atom is 0.454 e. The van der Waals surface area contributed by atoms with Crippen molar-refractivity contribution in [3.05, 3.63) is 47.7 Å². The van der Waals surface area contributed by atoms with Crippen LogP contribution in [-0.4, -0.2) is 72.0 Å². The molecule has 2 heterocycles. The highest BCUT2D eigenvalue weighted by molar-refractivity contribution is 5.68. The molecular weight excluding hydrogens is 587 g/mol. The number of aromatic nitrogens is 1. The van der Waals surface area contributed by atoms with Crippen LogP contribution in [0.5, 0.6) is 17.4 Å². The Hall–Kier alpha value is -3.15. The molecule has 7 nitrogen and oxygen atoms in total. The zero-order valence-electron chi connectivity index (χ0n) is 24.7. The highest BCUT2D eigenvalue weighted by Gasteiger charge is 2.58. The van der Waals surface area contributed by atoms with Crippen LogP contribution < -0.4 is 14.2 Å². The van der Waals surface area contributed by atoms with Crippen LogP contribution in [0, 0.1) is 5.92 Å². The predicted octanol–water partition coefficient (Wildman–Crippen LogP) is 7.20. The molecule has 2 saturated carbocycles. The number of ether oxygens (including phenoxy) is 3. The minimum Gasteiger partial charge on any atom is -0.497 e. The Labute approximate surface area is 253 Å². The lowest BCUT2D eigenvalue weighted by atomic mass is 9.88. The zero-order chi connectivity index (χ0) is 31.5. The van der Waals surface area contributed by atoms with Crippen LogP contribution in [0.15, 0.2) is 36.5 Å². The van der Waals surface area contributed by atoms with Crippen LogP contribution in [0.25, 0.3) is 0 Å². The van der Waals surface area contributed by atoms with Gasteiger partial charge in [-0.25, -0.2) is 4.98 Å². The third-order valence-corrected chi connectivity index (χ3v) is 9.06. The normalized spacial score (nSPS) is 22.8. The van der Waals surface area contributed by atoms with E-state index in [1.54, 1.807) is 13.3 Å². The highest BCUT2D eigenvalue weighted by atomic mass is 19.4. The maximum absolute atomic E-state index is 13.6. The van der Waals surface area contributed by atoms with Gasteiger partial charge in [0.25, 0.3) is 0 Å². The molecule has 3 aliphatic rings. The minimum atomic E-state index is -5.56. The summed E-state index contributed by atoms with van der Waals surface area (Å²) in [6, 6.07) is 9.25. The second-order valence-electron chi connectivity index (χ2n) is 12.3. The molecular formula is C32H39F5N2O5. The van der Waals surface area contributed by atoms with E-state index in [9.17, 15) is 31.9 Å². The molecule has 1 aromatic carbocycles. The molecule has 1 unspecified atom stereocenters. The van der Waals surface area contributed by atoms with Gasteiger partial charge in [0.1, 0.15) is 17.6 Å². The number of carbonyl (C=O) groups is 1. The van der Waals surface area contributed by atoms with Crippen molar-refractivity contribution in [2.45, 2.75) is 93.9 Å². The summed E-state index contributed by atoms with van der Waals surface area (Å²) in [5, 5.41) is 9.35. The summed E-state index contributed by atoms with van der Waals surface area (Å²) in [6.45, 7) is -1.06. The van der Waals surface area contributed by atoms with E-state index in [0.717, 1.165) is 49.7 Å². The highest BCUT2D eigenvalue weighted by Crippen LogP contribution is 2.45. The van der Waals surface area contributed by atoms with Crippen molar-refractivity contribution in [2.24, 2.45) is 5.92 Å². The number of carboxylic acid groups (broad SMARTS) is 1. The number of likely N-dealkylation sites (tertiary alicyclic amines) is 1. The van der Waals surface area contributed by atoms with E-state index in [2.05, 4.69) is 4.98 Å². The van der Waals surface area contributed by atoms with E-state index < -0.39 is 24.6 Å². The fourth-order valence-corrected chi connectivity index (χ4v) is 6.44. The van der Waals surface area contributed by atoms with E-state index in [-0.39, 0.29) is 43.6 Å². The topological polar surface area (TPSA) is 81.1 Å². The second-order valence-corrected chi connectivity index (χ2v) is 12.3. The number of piperidine rings is 1. The molecule has 44 heavy (non-hydrogen) atoms. The minimum absolute atomic E-state index is 0.0351. The molecule has 0 spiro atoms. The first-order valence-electron chi connectivity index (χ1n) is 15.3. The SMILES string of the molecule is COc1ccc(C2CCN(CC(F)(F)C(F)(F)F)CC2)c(OC2CCC(Oc3cc(C(CC(=O)O)C4CC4)ccn3)CC2)c1. The van der Waals surface area contributed by atoms with E-state index >= 15 is 0 Å². The van der Waals surface area contributed by atoms with Gasteiger partial charge in [-0.15, -0.1) is 0 Å². The van der Waals surface area contributed by atoms with Crippen molar-refractivity contribution in [1.29, 1.82) is 0 Å². The summed E-state index contributed by atoms with van der Waals surface area (Å²) in [6.07, 6.45) is 1.97. The number of nitrogens with zero attached hydrogens (tertiary/aromatic N) is 2. The molecule has 1 aromatic heterocycles. The fraction of sp³-hybridized carbons (Fsp3) is 0.625. The van der Waals surface area contributed by atoms with E-state index in [0.29, 0.717) is 36.1 Å². The number of hydrogen-bond acceptors (Lipinski definition) is 6. The molecule has 3 fully saturated rings. The molecule has 0 amide bonds. The lowest BCUT2D eigenvalue weighted by Gasteiger charge is -2.35. The fourth-order valence-electron chi connectivity index (χ4n) is 6.44. The monoisotopic (exact) mass is 626 g/mol. The van der Waals surface area contributed by atoms with Gasteiger partial charge in [0.2, 0.25) is 5.88 Å². The summed E-state index contributed by atoms with van der Waals surface area (Å²) < 4.78 is 83.3. The number of aliphatic carboxylic acids is 1. The largest absolute Gasteiger partial charge is 0.497 e. The smallest absolute Gasteiger partial charge is 0.454 e. The van der Waals surface area contributed by atoms with Crippen molar-refractivity contribution in [2.75, 3.05) is 26.7 Å². The molecule has 242 valence electrons. The van der Waals surface area contributed by atoms with Crippen LogP contribution in [0.3, 0.4) is 0 Å². The molecule has 0 bridgehead atoms. The molecule has 2 aliphatic carbocycles. The number of benzene rings is 1. The number of halogens is 5. The Morgan fingerprint density at radius 1 is 0.955 bits per heavy atom. The number of hydrogen-bond donors (Lipinski definition) is 1. The van der Waals surface area contributed by atoms with Gasteiger partial charge in [-0.2, -0.15) is 22.0 Å². The van der Waals surface area contributed by atoms with Crippen LogP contribution in [0.2, 0.25) is 0 Å². The first kappa shape index (κ1) is 32.2. The Morgan fingerprint density at radius 2 is 1.61 bits per heavy atom. The quantitative estimate of drug-likeness (QED) is 0.250. The van der Waals surface area contributed by atoms with Gasteiger partial charge >= 0.3 is 18.1 Å². The van der Waals surface area contributed by atoms with Crippen molar-refractivity contribution in [3.8, 4) is 17.4 Å². The molecule has 1 aliphatic heterocycles. The Kier molecular flexibility index (Phi) is 9.86.